The number of rotatable bonds is 4. The van der Waals surface area contributed by atoms with Gasteiger partial charge < -0.3 is 28.1 Å². The minimum absolute atomic E-state index is 0.303. The third-order valence-electron chi connectivity index (χ3n) is 8.00. The molecule has 44 heavy (non-hydrogen) atoms. The Bertz CT molecular complexity index is 1730. The van der Waals surface area contributed by atoms with Crippen LogP contribution in [0.2, 0.25) is 0 Å². The van der Waals surface area contributed by atoms with Gasteiger partial charge in [0.2, 0.25) is 0 Å². The molecule has 0 saturated heterocycles. The molecule has 0 saturated carbocycles. The predicted octanol–water partition coefficient (Wildman–Crippen LogP) is 7.55. The summed E-state index contributed by atoms with van der Waals surface area (Å²) < 4.78 is 25.3. The molecule has 2 aliphatic rings. The Hall–Kier alpha value is -4.98. The van der Waals surface area contributed by atoms with E-state index in [1.54, 1.807) is 13.8 Å². The van der Waals surface area contributed by atoms with Crippen LogP contribution in [0.25, 0.3) is 34.0 Å². The standard InChI is InChI=1S/2C18H19NO3/c2*1-12-16(18(20)21-3)6-5-15(22-12)11-13-4-7-17-14(10-13)8-9-19(17)2/h2*4,7-11H,5-6H2,1-3H3/b2*15-11+. The lowest BCUT2D eigenvalue weighted by Crippen LogP contribution is -2.13. The van der Waals surface area contributed by atoms with E-state index in [0.717, 1.165) is 22.6 Å². The van der Waals surface area contributed by atoms with Crippen LogP contribution in [0.15, 0.2) is 95.1 Å². The second-order valence-electron chi connectivity index (χ2n) is 11.0. The molecule has 0 fully saturated rings. The predicted molar refractivity (Wildman–Crippen MR) is 172 cm³/mol. The maximum atomic E-state index is 11.6. The van der Waals surface area contributed by atoms with Crippen LogP contribution in [0, 0.1) is 0 Å². The SMILES string of the molecule is COC(=O)C1=C(C)O/C(=C/c2ccc3c(ccn3C)c2)CC1.COC(=O)C1=C(C)O/C(=C/c2ccc3c(ccn3C)c2)CC1. The first-order valence-electron chi connectivity index (χ1n) is 14.6. The van der Waals surface area contributed by atoms with Gasteiger partial charge in [-0.05, 0) is 86.4 Å². The molecule has 0 radical (unpaired) electrons. The molecule has 0 aliphatic carbocycles. The Morgan fingerprint density at radius 1 is 0.659 bits per heavy atom. The molecule has 2 aliphatic heterocycles. The van der Waals surface area contributed by atoms with Crippen molar-refractivity contribution in [2.75, 3.05) is 14.2 Å². The molecule has 4 aromatic rings. The maximum Gasteiger partial charge on any atom is 0.337 e. The van der Waals surface area contributed by atoms with Gasteiger partial charge in [-0.25, -0.2) is 9.59 Å². The van der Waals surface area contributed by atoms with Gasteiger partial charge >= 0.3 is 11.9 Å². The molecular formula is C36H38N2O6. The summed E-state index contributed by atoms with van der Waals surface area (Å²) in [5, 5.41) is 2.41. The summed E-state index contributed by atoms with van der Waals surface area (Å²) in [6.45, 7) is 3.61. The molecule has 0 atom stereocenters. The molecular weight excluding hydrogens is 556 g/mol. The zero-order valence-electron chi connectivity index (χ0n) is 26.1. The van der Waals surface area contributed by atoms with Crippen LogP contribution in [0.3, 0.4) is 0 Å². The fourth-order valence-electron chi connectivity index (χ4n) is 5.56. The number of ether oxygens (including phenoxy) is 4. The molecule has 2 aromatic heterocycles. The summed E-state index contributed by atoms with van der Waals surface area (Å²) in [7, 11) is 6.85. The Labute approximate surface area is 257 Å². The molecule has 0 bridgehead atoms. The number of esters is 2. The summed E-state index contributed by atoms with van der Waals surface area (Å²) in [4.78, 5) is 23.2. The number of fused-ring (bicyclic) bond motifs is 2. The molecule has 0 N–H and O–H groups in total. The number of carbonyl (C=O) groups excluding carboxylic acids is 2. The Morgan fingerprint density at radius 2 is 1.07 bits per heavy atom. The van der Waals surface area contributed by atoms with E-state index >= 15 is 0 Å². The van der Waals surface area contributed by atoms with Gasteiger partial charge in [0.15, 0.2) is 0 Å². The first kappa shape index (κ1) is 30.5. The van der Waals surface area contributed by atoms with Crippen molar-refractivity contribution in [1.82, 2.24) is 9.13 Å². The minimum Gasteiger partial charge on any atom is -0.466 e. The first-order chi connectivity index (χ1) is 21.2. The van der Waals surface area contributed by atoms with E-state index in [-0.39, 0.29) is 11.9 Å². The van der Waals surface area contributed by atoms with Crippen molar-refractivity contribution in [2.24, 2.45) is 14.1 Å². The molecule has 4 heterocycles. The highest BCUT2D eigenvalue weighted by atomic mass is 16.5. The lowest BCUT2D eigenvalue weighted by Gasteiger charge is -2.19. The summed E-state index contributed by atoms with van der Waals surface area (Å²) in [5.74, 6) is 2.40. The molecule has 8 nitrogen and oxygen atoms in total. The van der Waals surface area contributed by atoms with Crippen molar-refractivity contribution in [3.05, 3.63) is 106 Å². The van der Waals surface area contributed by atoms with Crippen LogP contribution in [-0.4, -0.2) is 35.3 Å². The van der Waals surface area contributed by atoms with E-state index in [1.165, 1.54) is 36.0 Å². The van der Waals surface area contributed by atoms with E-state index in [2.05, 4.69) is 57.7 Å². The van der Waals surface area contributed by atoms with Crippen LogP contribution >= 0.6 is 0 Å². The van der Waals surface area contributed by atoms with E-state index in [9.17, 15) is 9.59 Å². The third-order valence-corrected chi connectivity index (χ3v) is 8.00. The van der Waals surface area contributed by atoms with Gasteiger partial charge in [0, 0.05) is 61.1 Å². The average Bonchev–Trinajstić information content (AvgIpc) is 3.58. The highest BCUT2D eigenvalue weighted by Crippen LogP contribution is 2.30. The number of hydrogen-bond acceptors (Lipinski definition) is 6. The van der Waals surface area contributed by atoms with Crippen LogP contribution in [0.5, 0.6) is 0 Å². The highest BCUT2D eigenvalue weighted by molar-refractivity contribution is 5.90. The Kier molecular flexibility index (Phi) is 9.09. The van der Waals surface area contributed by atoms with Gasteiger partial charge in [0.25, 0.3) is 0 Å². The van der Waals surface area contributed by atoms with Gasteiger partial charge in [0.05, 0.1) is 25.4 Å². The number of hydrogen-bond donors (Lipinski definition) is 0. The zero-order valence-corrected chi connectivity index (χ0v) is 26.1. The van der Waals surface area contributed by atoms with Gasteiger partial charge in [-0.15, -0.1) is 0 Å². The second-order valence-corrected chi connectivity index (χ2v) is 11.0. The fourth-order valence-corrected chi connectivity index (χ4v) is 5.56. The average molecular weight is 595 g/mol. The topological polar surface area (TPSA) is 80.9 Å². The lowest BCUT2D eigenvalue weighted by atomic mass is 10.0. The minimum atomic E-state index is -0.303. The van der Waals surface area contributed by atoms with Crippen molar-refractivity contribution in [2.45, 2.75) is 39.5 Å². The van der Waals surface area contributed by atoms with Crippen molar-refractivity contribution < 1.29 is 28.5 Å². The molecule has 6 rings (SSSR count). The molecule has 0 amide bonds. The molecule has 2 aromatic carbocycles. The van der Waals surface area contributed by atoms with Crippen LogP contribution in [0.4, 0.5) is 0 Å². The van der Waals surface area contributed by atoms with Gasteiger partial charge in [-0.1, -0.05) is 12.1 Å². The summed E-state index contributed by atoms with van der Waals surface area (Å²) in [5.41, 5.74) is 5.86. The smallest absolute Gasteiger partial charge is 0.337 e. The normalized spacial score (nSPS) is 17.0. The number of methoxy groups -OCH3 is 2. The molecule has 0 unspecified atom stereocenters. The van der Waals surface area contributed by atoms with Crippen molar-refractivity contribution in [1.29, 1.82) is 0 Å². The zero-order chi connectivity index (χ0) is 31.4. The van der Waals surface area contributed by atoms with Crippen molar-refractivity contribution in [3.8, 4) is 0 Å². The third kappa shape index (κ3) is 6.64. The summed E-state index contributed by atoms with van der Waals surface area (Å²) in [6, 6.07) is 16.8. The monoisotopic (exact) mass is 594 g/mol. The van der Waals surface area contributed by atoms with E-state index in [1.807, 2.05) is 38.6 Å². The number of allylic oxidation sites excluding steroid dienone is 4. The van der Waals surface area contributed by atoms with Crippen LogP contribution < -0.4 is 0 Å². The first-order valence-corrected chi connectivity index (χ1v) is 14.6. The number of carbonyl (C=O) groups is 2. The summed E-state index contributed by atoms with van der Waals surface area (Å²) >= 11 is 0. The second kappa shape index (κ2) is 13.1. The van der Waals surface area contributed by atoms with E-state index < -0.39 is 0 Å². The number of benzene rings is 2. The molecule has 0 spiro atoms. The quantitative estimate of drug-likeness (QED) is 0.227. The number of aryl methyl sites for hydroxylation is 2. The van der Waals surface area contributed by atoms with Crippen LogP contribution in [0.1, 0.15) is 50.7 Å². The van der Waals surface area contributed by atoms with Gasteiger partial charge in [0.1, 0.15) is 23.0 Å². The lowest BCUT2D eigenvalue weighted by molar-refractivity contribution is -0.137. The Balaban J connectivity index is 0.000000175. The fraction of sp³-hybridized carbons (Fsp3) is 0.278. The molecule has 228 valence electrons. The van der Waals surface area contributed by atoms with Gasteiger partial charge in [-0.2, -0.15) is 0 Å². The molecule has 8 heteroatoms. The van der Waals surface area contributed by atoms with Gasteiger partial charge in [-0.3, -0.25) is 0 Å². The number of nitrogens with zero attached hydrogens (tertiary/aromatic N) is 2. The van der Waals surface area contributed by atoms with Crippen LogP contribution in [-0.2, 0) is 42.6 Å². The van der Waals surface area contributed by atoms with Crippen molar-refractivity contribution >= 4 is 45.9 Å². The Morgan fingerprint density at radius 3 is 1.43 bits per heavy atom. The number of aromatic nitrogens is 2. The maximum absolute atomic E-state index is 11.6. The van der Waals surface area contributed by atoms with E-state index in [0.29, 0.717) is 48.3 Å². The largest absolute Gasteiger partial charge is 0.466 e. The van der Waals surface area contributed by atoms with Crippen molar-refractivity contribution in [3.63, 3.8) is 0 Å². The van der Waals surface area contributed by atoms with E-state index in [4.69, 9.17) is 18.9 Å². The highest BCUT2D eigenvalue weighted by Gasteiger charge is 2.22. The summed E-state index contributed by atoms with van der Waals surface area (Å²) in [6.07, 6.45) is 10.9.